The van der Waals surface area contributed by atoms with Crippen LogP contribution in [-0.2, 0) is 13.0 Å². The molecule has 7 nitrogen and oxygen atoms in total. The van der Waals surface area contributed by atoms with Gasteiger partial charge < -0.3 is 9.14 Å². The first-order chi connectivity index (χ1) is 15.1. The Hall–Kier alpha value is -4.13. The molecule has 2 amide bonds. The van der Waals surface area contributed by atoms with Gasteiger partial charge in [0.15, 0.2) is 0 Å². The lowest BCUT2D eigenvalue weighted by Gasteiger charge is -2.09. The van der Waals surface area contributed by atoms with Gasteiger partial charge in [-0.2, -0.15) is 0 Å². The molecule has 0 radical (unpaired) electrons. The summed E-state index contributed by atoms with van der Waals surface area (Å²) in [6.45, 7) is 2.32. The molecule has 0 aliphatic carbocycles. The maximum absolute atomic E-state index is 12.4. The average molecular weight is 414 g/mol. The number of aryl methyl sites for hydroxylation is 1. The molecule has 2 heterocycles. The molecule has 2 aromatic carbocycles. The molecule has 4 rings (SSSR count). The van der Waals surface area contributed by atoms with Crippen molar-refractivity contribution in [2.45, 2.75) is 20.0 Å². The third-order valence-electron chi connectivity index (χ3n) is 4.81. The van der Waals surface area contributed by atoms with Gasteiger partial charge in [-0.15, -0.1) is 0 Å². The number of imidazole rings is 1. The molecule has 0 aliphatic heterocycles. The van der Waals surface area contributed by atoms with Gasteiger partial charge in [0.25, 0.3) is 11.8 Å². The summed E-state index contributed by atoms with van der Waals surface area (Å²) < 4.78 is 7.70. The van der Waals surface area contributed by atoms with E-state index in [0.29, 0.717) is 16.9 Å². The van der Waals surface area contributed by atoms with Crippen molar-refractivity contribution < 1.29 is 14.3 Å². The predicted molar refractivity (Wildman–Crippen MR) is 117 cm³/mol. The van der Waals surface area contributed by atoms with Gasteiger partial charge in [-0.3, -0.25) is 20.4 Å². The van der Waals surface area contributed by atoms with Gasteiger partial charge in [-0.1, -0.05) is 31.2 Å². The van der Waals surface area contributed by atoms with Crippen molar-refractivity contribution in [2.75, 3.05) is 0 Å². The highest BCUT2D eigenvalue weighted by Crippen LogP contribution is 2.15. The largest absolute Gasteiger partial charge is 0.487 e. The number of nitrogens with one attached hydrogen (secondary N) is 2. The van der Waals surface area contributed by atoms with E-state index in [-0.39, 0.29) is 12.5 Å². The summed E-state index contributed by atoms with van der Waals surface area (Å²) in [7, 11) is 0. The second-order valence-corrected chi connectivity index (χ2v) is 6.97. The van der Waals surface area contributed by atoms with E-state index in [9.17, 15) is 9.59 Å². The molecule has 0 spiro atoms. The van der Waals surface area contributed by atoms with Crippen LogP contribution in [0, 0.1) is 0 Å². The number of aromatic nitrogens is 2. The number of carbonyl (C=O) groups is 2. The number of hydrogen-bond acceptors (Lipinski definition) is 4. The van der Waals surface area contributed by atoms with Crippen LogP contribution in [0.25, 0.3) is 5.65 Å². The molecule has 0 aliphatic rings. The molecule has 2 N–H and O–H groups in total. The molecule has 31 heavy (non-hydrogen) atoms. The minimum Gasteiger partial charge on any atom is -0.487 e. The highest BCUT2D eigenvalue weighted by molar-refractivity contribution is 5.99. The average Bonchev–Trinajstić information content (AvgIpc) is 3.24. The van der Waals surface area contributed by atoms with Gasteiger partial charge in [0.1, 0.15) is 18.0 Å². The van der Waals surface area contributed by atoms with Gasteiger partial charge in [0, 0.05) is 23.5 Å². The second-order valence-electron chi connectivity index (χ2n) is 6.97. The molecular weight excluding hydrogens is 392 g/mol. The minimum absolute atomic E-state index is 0.275. The molecule has 2 aromatic heterocycles. The summed E-state index contributed by atoms with van der Waals surface area (Å²) in [4.78, 5) is 29.1. The number of carbonyl (C=O) groups excluding carboxylic acids is 2. The molecule has 0 unspecified atom stereocenters. The molecule has 0 saturated carbocycles. The molecule has 156 valence electrons. The third-order valence-corrected chi connectivity index (χ3v) is 4.81. The van der Waals surface area contributed by atoms with Crippen molar-refractivity contribution >= 4 is 17.5 Å². The Morgan fingerprint density at radius 1 is 0.935 bits per heavy atom. The SMILES string of the molecule is CCc1ccc(C(=O)NNC(=O)c2cccc(OCc3cn4ccccc4n3)c2)cc1. The van der Waals surface area contributed by atoms with Crippen LogP contribution >= 0.6 is 0 Å². The van der Waals surface area contributed by atoms with E-state index in [0.717, 1.165) is 23.3 Å². The fourth-order valence-electron chi connectivity index (χ4n) is 3.09. The molecular formula is C24H22N4O3. The third kappa shape index (κ3) is 4.90. The van der Waals surface area contributed by atoms with E-state index in [1.807, 2.05) is 54.0 Å². The van der Waals surface area contributed by atoms with Gasteiger partial charge >= 0.3 is 0 Å². The number of nitrogens with zero attached hydrogens (tertiary/aromatic N) is 2. The number of hydrazine groups is 1. The summed E-state index contributed by atoms with van der Waals surface area (Å²) >= 11 is 0. The number of benzene rings is 2. The number of fused-ring (bicyclic) bond motifs is 1. The molecule has 0 fully saturated rings. The van der Waals surface area contributed by atoms with Crippen molar-refractivity contribution in [2.24, 2.45) is 0 Å². The lowest BCUT2D eigenvalue weighted by atomic mass is 10.1. The number of rotatable bonds is 6. The van der Waals surface area contributed by atoms with Crippen LogP contribution in [0.5, 0.6) is 5.75 Å². The fourth-order valence-corrected chi connectivity index (χ4v) is 3.09. The summed E-state index contributed by atoms with van der Waals surface area (Å²) in [5.74, 6) is -0.279. The van der Waals surface area contributed by atoms with Crippen molar-refractivity contribution in [3.8, 4) is 5.75 Å². The predicted octanol–water partition coefficient (Wildman–Crippen LogP) is 3.55. The van der Waals surface area contributed by atoms with Crippen LogP contribution in [0.1, 0.15) is 38.9 Å². The minimum atomic E-state index is -0.434. The first-order valence-corrected chi connectivity index (χ1v) is 9.97. The Bertz CT molecular complexity index is 1180. The summed E-state index contributed by atoms with van der Waals surface area (Å²) in [5.41, 5.74) is 8.48. The Labute approximate surface area is 179 Å². The Morgan fingerprint density at radius 3 is 2.45 bits per heavy atom. The monoisotopic (exact) mass is 414 g/mol. The van der Waals surface area contributed by atoms with Gasteiger partial charge in [0.2, 0.25) is 0 Å². The number of ether oxygens (including phenoxy) is 1. The first kappa shape index (κ1) is 20.2. The number of pyridine rings is 1. The van der Waals surface area contributed by atoms with Crippen molar-refractivity contribution in [1.82, 2.24) is 20.2 Å². The van der Waals surface area contributed by atoms with Crippen LogP contribution in [-0.4, -0.2) is 21.2 Å². The lowest BCUT2D eigenvalue weighted by molar-refractivity contribution is 0.0846. The van der Waals surface area contributed by atoms with Crippen molar-refractivity contribution in [3.63, 3.8) is 0 Å². The highest BCUT2D eigenvalue weighted by Gasteiger charge is 2.10. The fraction of sp³-hybridized carbons (Fsp3) is 0.125. The van der Waals surface area contributed by atoms with E-state index in [2.05, 4.69) is 15.8 Å². The zero-order valence-electron chi connectivity index (χ0n) is 17.0. The van der Waals surface area contributed by atoms with Crippen LogP contribution in [0.15, 0.2) is 79.1 Å². The Balaban J connectivity index is 1.34. The van der Waals surface area contributed by atoms with Crippen LogP contribution in [0.3, 0.4) is 0 Å². The molecule has 7 heteroatoms. The van der Waals surface area contributed by atoms with Gasteiger partial charge in [0.05, 0.1) is 5.69 Å². The standard InChI is InChI=1S/C24H22N4O3/c1-2-17-9-11-18(12-10-17)23(29)26-27-24(30)19-6-5-7-21(14-19)31-16-20-15-28-13-4-3-8-22(28)25-20/h3-15H,2,16H2,1H3,(H,26,29)(H,27,30). The van der Waals surface area contributed by atoms with Gasteiger partial charge in [-0.25, -0.2) is 4.98 Å². The van der Waals surface area contributed by atoms with Crippen LogP contribution in [0.2, 0.25) is 0 Å². The molecule has 4 aromatic rings. The highest BCUT2D eigenvalue weighted by atomic mass is 16.5. The zero-order chi connectivity index (χ0) is 21.6. The zero-order valence-corrected chi connectivity index (χ0v) is 17.0. The second kappa shape index (κ2) is 9.13. The topological polar surface area (TPSA) is 84.7 Å². The van der Waals surface area contributed by atoms with Crippen LogP contribution < -0.4 is 15.6 Å². The normalized spacial score (nSPS) is 10.6. The maximum Gasteiger partial charge on any atom is 0.269 e. The van der Waals surface area contributed by atoms with E-state index in [1.165, 1.54) is 0 Å². The maximum atomic E-state index is 12.4. The lowest BCUT2D eigenvalue weighted by Crippen LogP contribution is -2.41. The molecule has 0 saturated heterocycles. The quantitative estimate of drug-likeness (QED) is 0.473. The van der Waals surface area contributed by atoms with E-state index >= 15 is 0 Å². The van der Waals surface area contributed by atoms with E-state index in [1.54, 1.807) is 36.4 Å². The van der Waals surface area contributed by atoms with Crippen molar-refractivity contribution in [3.05, 3.63) is 102 Å². The van der Waals surface area contributed by atoms with E-state index in [4.69, 9.17) is 4.74 Å². The Morgan fingerprint density at radius 2 is 1.71 bits per heavy atom. The summed E-state index contributed by atoms with van der Waals surface area (Å²) in [5, 5.41) is 0. The summed E-state index contributed by atoms with van der Waals surface area (Å²) in [6.07, 6.45) is 4.71. The van der Waals surface area contributed by atoms with Crippen LogP contribution in [0.4, 0.5) is 0 Å². The first-order valence-electron chi connectivity index (χ1n) is 9.97. The van der Waals surface area contributed by atoms with Gasteiger partial charge in [-0.05, 0) is 54.4 Å². The summed E-state index contributed by atoms with van der Waals surface area (Å²) in [6, 6.07) is 19.8. The number of amides is 2. The Kier molecular flexibility index (Phi) is 5.93. The van der Waals surface area contributed by atoms with E-state index < -0.39 is 5.91 Å². The molecule has 0 bridgehead atoms. The van der Waals surface area contributed by atoms with Crippen molar-refractivity contribution in [1.29, 1.82) is 0 Å². The number of hydrogen-bond donors (Lipinski definition) is 2. The molecule has 0 atom stereocenters. The smallest absolute Gasteiger partial charge is 0.269 e.